The van der Waals surface area contributed by atoms with Crippen LogP contribution in [0, 0.1) is 12.7 Å². The molecule has 0 unspecified atom stereocenters. The average Bonchev–Trinajstić information content (AvgIpc) is 3.50. The number of hydrogen-bond donors (Lipinski definition) is 2. The number of carbonyl (C=O) groups is 1. The lowest BCUT2D eigenvalue weighted by molar-refractivity contribution is 0.0955. The summed E-state index contributed by atoms with van der Waals surface area (Å²) in [5, 5.41) is 7.15. The van der Waals surface area contributed by atoms with Crippen molar-refractivity contribution >= 4 is 39.0 Å². The molecule has 3 aromatic rings. The molecule has 1 saturated heterocycles. The van der Waals surface area contributed by atoms with Crippen molar-refractivity contribution in [3.63, 3.8) is 0 Å². The highest BCUT2D eigenvalue weighted by molar-refractivity contribution is 7.20. The Morgan fingerprint density at radius 2 is 2.00 bits per heavy atom. The monoisotopic (exact) mass is 499 g/mol. The summed E-state index contributed by atoms with van der Waals surface area (Å²) < 4.78 is 20.1. The Kier molecular flexibility index (Phi) is 8.51. The highest BCUT2D eigenvalue weighted by atomic mass is 32.1. The van der Waals surface area contributed by atoms with E-state index in [4.69, 9.17) is 4.74 Å². The normalized spacial score (nSPS) is 14.1. The van der Waals surface area contributed by atoms with Crippen LogP contribution >= 0.6 is 11.3 Å². The Bertz CT molecular complexity index is 1160. The van der Waals surface area contributed by atoms with Crippen molar-refractivity contribution in [1.29, 1.82) is 0 Å². The molecule has 2 aromatic heterocycles. The van der Waals surface area contributed by atoms with Crippen LogP contribution in [-0.2, 0) is 0 Å². The summed E-state index contributed by atoms with van der Waals surface area (Å²) >= 11 is 1.36. The molecule has 35 heavy (non-hydrogen) atoms. The second-order valence-electron chi connectivity index (χ2n) is 8.94. The lowest BCUT2D eigenvalue weighted by Crippen LogP contribution is -2.28. The molecule has 1 fully saturated rings. The van der Waals surface area contributed by atoms with Crippen LogP contribution in [0.3, 0.4) is 0 Å². The molecule has 0 atom stereocenters. The van der Waals surface area contributed by atoms with Crippen molar-refractivity contribution in [2.45, 2.75) is 59.0 Å². The molecule has 0 radical (unpaired) electrons. The number of hydrogen-bond acceptors (Lipinski definition) is 7. The van der Waals surface area contributed by atoms with Crippen LogP contribution < -0.4 is 15.4 Å². The minimum Gasteiger partial charge on any atom is -0.488 e. The van der Waals surface area contributed by atoms with Crippen LogP contribution in [0.4, 0.5) is 15.9 Å². The quantitative estimate of drug-likeness (QED) is 0.331. The third kappa shape index (κ3) is 6.08. The van der Waals surface area contributed by atoms with Gasteiger partial charge in [0.25, 0.3) is 5.91 Å². The van der Waals surface area contributed by atoms with E-state index < -0.39 is 0 Å². The number of anilines is 2. The Balaban J connectivity index is 1.51. The first kappa shape index (κ1) is 25.3. The standard InChI is InChI=1S/C26H34FN5O2S/c1-4-19(5-2)34-21-15-18(27)9-10-20(21)31-24-22-17(3)23(35-26(22)30-16-29-24)25(33)28-11-8-14-32-12-6-7-13-32/h9-10,15-16,19H,4-8,11-14H2,1-3H3,(H,28,33)(H,29,30,31). The minimum absolute atomic E-state index is 0.00795. The van der Waals surface area contributed by atoms with Gasteiger partial charge in [0.05, 0.1) is 22.1 Å². The summed E-state index contributed by atoms with van der Waals surface area (Å²) in [5.74, 6) is 0.560. The molecule has 9 heteroatoms. The van der Waals surface area contributed by atoms with Crippen molar-refractivity contribution in [3.05, 3.63) is 40.8 Å². The molecule has 7 nitrogen and oxygen atoms in total. The maximum atomic E-state index is 14.0. The molecule has 2 N–H and O–H groups in total. The number of aromatic nitrogens is 2. The third-order valence-corrected chi connectivity index (χ3v) is 7.67. The number of likely N-dealkylation sites (tertiary alicyclic amines) is 1. The zero-order valence-electron chi connectivity index (χ0n) is 20.7. The van der Waals surface area contributed by atoms with Crippen LogP contribution in [0.1, 0.15) is 61.2 Å². The summed E-state index contributed by atoms with van der Waals surface area (Å²) in [4.78, 5) is 25.6. The Morgan fingerprint density at radius 3 is 2.74 bits per heavy atom. The van der Waals surface area contributed by atoms with Gasteiger partial charge in [0, 0.05) is 12.6 Å². The fraction of sp³-hybridized carbons (Fsp3) is 0.500. The molecule has 188 valence electrons. The van der Waals surface area contributed by atoms with Crippen molar-refractivity contribution in [3.8, 4) is 5.75 Å². The van der Waals surface area contributed by atoms with E-state index in [2.05, 4.69) is 25.5 Å². The number of rotatable bonds is 11. The molecule has 1 amide bonds. The molecule has 0 spiro atoms. The Labute approximate surface area is 210 Å². The molecule has 1 aromatic carbocycles. The number of ether oxygens (including phenoxy) is 1. The second kappa shape index (κ2) is 11.8. The van der Waals surface area contributed by atoms with Gasteiger partial charge in [-0.2, -0.15) is 0 Å². The van der Waals surface area contributed by atoms with Crippen LogP contribution in [0.15, 0.2) is 24.5 Å². The van der Waals surface area contributed by atoms with Crippen molar-refractivity contribution < 1.29 is 13.9 Å². The summed E-state index contributed by atoms with van der Waals surface area (Å²) in [6, 6.07) is 4.43. The van der Waals surface area contributed by atoms with Gasteiger partial charge < -0.3 is 20.3 Å². The van der Waals surface area contributed by atoms with E-state index in [-0.39, 0.29) is 17.8 Å². The van der Waals surface area contributed by atoms with E-state index >= 15 is 0 Å². The number of aryl methyl sites for hydroxylation is 1. The average molecular weight is 500 g/mol. The van der Waals surface area contributed by atoms with E-state index in [0.717, 1.165) is 54.7 Å². The van der Waals surface area contributed by atoms with Gasteiger partial charge in [-0.15, -0.1) is 11.3 Å². The number of carbonyl (C=O) groups excluding carboxylic acids is 1. The van der Waals surface area contributed by atoms with E-state index in [9.17, 15) is 9.18 Å². The number of thiophene rings is 1. The smallest absolute Gasteiger partial charge is 0.261 e. The highest BCUT2D eigenvalue weighted by Gasteiger charge is 2.21. The summed E-state index contributed by atoms with van der Waals surface area (Å²) in [5.41, 5.74) is 1.45. The first-order valence-corrected chi connectivity index (χ1v) is 13.3. The van der Waals surface area contributed by atoms with E-state index in [1.54, 1.807) is 6.07 Å². The lowest BCUT2D eigenvalue weighted by atomic mass is 10.2. The second-order valence-corrected chi connectivity index (χ2v) is 9.94. The van der Waals surface area contributed by atoms with Gasteiger partial charge in [-0.25, -0.2) is 14.4 Å². The highest BCUT2D eigenvalue weighted by Crippen LogP contribution is 2.36. The first-order chi connectivity index (χ1) is 17.0. The molecule has 0 aliphatic carbocycles. The third-order valence-electron chi connectivity index (χ3n) is 6.47. The van der Waals surface area contributed by atoms with E-state index in [1.807, 2.05) is 20.8 Å². The number of nitrogens with one attached hydrogen (secondary N) is 2. The molecular formula is C26H34FN5O2S. The molecule has 0 bridgehead atoms. The van der Waals surface area contributed by atoms with E-state index in [1.165, 1.54) is 42.6 Å². The number of halogens is 1. The fourth-order valence-corrected chi connectivity index (χ4v) is 5.50. The number of benzene rings is 1. The van der Waals surface area contributed by atoms with Crippen molar-refractivity contribution in [2.24, 2.45) is 0 Å². The van der Waals surface area contributed by atoms with Crippen LogP contribution in [0.5, 0.6) is 5.75 Å². The molecule has 1 aliphatic heterocycles. The van der Waals surface area contributed by atoms with Gasteiger partial charge in [-0.1, -0.05) is 13.8 Å². The number of amides is 1. The summed E-state index contributed by atoms with van der Waals surface area (Å²) in [6.45, 7) is 9.99. The van der Waals surface area contributed by atoms with E-state index in [0.29, 0.717) is 28.7 Å². The summed E-state index contributed by atoms with van der Waals surface area (Å²) in [6.07, 6.45) is 6.60. The van der Waals surface area contributed by atoms with Crippen LogP contribution in [0.25, 0.3) is 10.2 Å². The van der Waals surface area contributed by atoms with Crippen LogP contribution in [-0.4, -0.2) is 53.1 Å². The SMILES string of the molecule is CCC(CC)Oc1cc(F)ccc1Nc1ncnc2sc(C(=O)NCCCN3CCCC3)c(C)c12. The first-order valence-electron chi connectivity index (χ1n) is 12.5. The predicted molar refractivity (Wildman–Crippen MR) is 139 cm³/mol. The largest absolute Gasteiger partial charge is 0.488 e. The molecule has 1 aliphatic rings. The molecule has 0 saturated carbocycles. The summed E-state index contributed by atoms with van der Waals surface area (Å²) in [7, 11) is 0. The van der Waals surface area contributed by atoms with Crippen molar-refractivity contribution in [1.82, 2.24) is 20.2 Å². The molecule has 4 rings (SSSR count). The van der Waals surface area contributed by atoms with Gasteiger partial charge in [0.15, 0.2) is 0 Å². The fourth-order valence-electron chi connectivity index (χ4n) is 4.43. The van der Waals surface area contributed by atoms with Crippen molar-refractivity contribution in [2.75, 3.05) is 31.5 Å². The minimum atomic E-state index is -0.361. The Morgan fingerprint density at radius 1 is 1.23 bits per heavy atom. The lowest BCUT2D eigenvalue weighted by Gasteiger charge is -2.19. The van der Waals surface area contributed by atoms with Gasteiger partial charge in [-0.05, 0) is 76.4 Å². The van der Waals surface area contributed by atoms with Gasteiger partial charge in [0.2, 0.25) is 0 Å². The zero-order valence-corrected chi connectivity index (χ0v) is 21.5. The zero-order chi connectivity index (χ0) is 24.8. The number of nitrogens with zero attached hydrogens (tertiary/aromatic N) is 3. The van der Waals surface area contributed by atoms with Gasteiger partial charge in [0.1, 0.15) is 28.5 Å². The topological polar surface area (TPSA) is 79.4 Å². The van der Waals surface area contributed by atoms with Gasteiger partial charge in [-0.3, -0.25) is 4.79 Å². The van der Waals surface area contributed by atoms with Gasteiger partial charge >= 0.3 is 0 Å². The predicted octanol–water partition coefficient (Wildman–Crippen LogP) is 5.67. The molecule has 3 heterocycles. The maximum Gasteiger partial charge on any atom is 0.261 e. The molecular weight excluding hydrogens is 465 g/mol. The number of fused-ring (bicyclic) bond motifs is 1. The Hall–Kier alpha value is -2.78. The maximum absolute atomic E-state index is 14.0. The van der Waals surface area contributed by atoms with Crippen LogP contribution in [0.2, 0.25) is 0 Å².